The first-order valence-electron chi connectivity index (χ1n) is 7.27. The van der Waals surface area contributed by atoms with Crippen LogP contribution in [0.1, 0.15) is 64.7 Å². The van der Waals surface area contributed by atoms with E-state index in [-0.39, 0.29) is 24.4 Å². The third-order valence-corrected chi connectivity index (χ3v) is 3.73. The zero-order valence-corrected chi connectivity index (χ0v) is 12.4. The summed E-state index contributed by atoms with van der Waals surface area (Å²) in [7, 11) is 0. The second-order valence-electron chi connectivity index (χ2n) is 5.35. The fourth-order valence-electron chi connectivity index (χ4n) is 2.56. The first kappa shape index (κ1) is 17.7. The molecule has 1 atom stereocenters. The standard InChI is InChI=1S/C14H28N2O.ClH/c1-2-8-13(15)14(17)16-11-12-9-6-4-3-5-7-10-12;/h12-13H,2-11,15H2,1H3,(H,16,17);1H. The van der Waals surface area contributed by atoms with Gasteiger partial charge in [0.05, 0.1) is 6.04 Å². The van der Waals surface area contributed by atoms with Crippen LogP contribution in [0.25, 0.3) is 0 Å². The zero-order chi connectivity index (χ0) is 12.5. The molecule has 18 heavy (non-hydrogen) atoms. The first-order valence-corrected chi connectivity index (χ1v) is 7.27. The maximum Gasteiger partial charge on any atom is 0.236 e. The van der Waals surface area contributed by atoms with Crippen LogP contribution in [0.15, 0.2) is 0 Å². The van der Waals surface area contributed by atoms with E-state index in [4.69, 9.17) is 5.73 Å². The summed E-state index contributed by atoms with van der Waals surface area (Å²) in [5.74, 6) is 0.710. The molecule has 0 heterocycles. The highest BCUT2D eigenvalue weighted by Crippen LogP contribution is 2.21. The normalized spacial score (nSPS) is 19.2. The van der Waals surface area contributed by atoms with Gasteiger partial charge in [0.1, 0.15) is 0 Å². The van der Waals surface area contributed by atoms with Crippen molar-refractivity contribution in [3.8, 4) is 0 Å². The van der Waals surface area contributed by atoms with Crippen LogP contribution in [0.4, 0.5) is 0 Å². The van der Waals surface area contributed by atoms with Gasteiger partial charge in [-0.2, -0.15) is 0 Å². The summed E-state index contributed by atoms with van der Waals surface area (Å²) in [6.45, 7) is 2.89. The van der Waals surface area contributed by atoms with E-state index in [0.29, 0.717) is 5.92 Å². The lowest BCUT2D eigenvalue weighted by molar-refractivity contribution is -0.122. The Balaban J connectivity index is 0.00000289. The quantitative estimate of drug-likeness (QED) is 0.811. The zero-order valence-electron chi connectivity index (χ0n) is 11.6. The van der Waals surface area contributed by atoms with E-state index in [1.54, 1.807) is 0 Å². The smallest absolute Gasteiger partial charge is 0.236 e. The molecule has 108 valence electrons. The Morgan fingerprint density at radius 3 is 2.33 bits per heavy atom. The molecular weight excluding hydrogens is 248 g/mol. The first-order chi connectivity index (χ1) is 8.24. The molecule has 0 aromatic rings. The molecule has 3 N–H and O–H groups in total. The van der Waals surface area contributed by atoms with Crippen molar-refractivity contribution < 1.29 is 4.79 Å². The third kappa shape index (κ3) is 7.22. The SMILES string of the molecule is CCCC(N)C(=O)NCC1CCCCCCC1.Cl. The molecule has 0 aromatic carbocycles. The van der Waals surface area contributed by atoms with E-state index in [0.717, 1.165) is 19.4 Å². The highest BCUT2D eigenvalue weighted by Gasteiger charge is 2.15. The fraction of sp³-hybridized carbons (Fsp3) is 0.929. The summed E-state index contributed by atoms with van der Waals surface area (Å²) >= 11 is 0. The molecule has 0 aliphatic heterocycles. The molecule has 0 bridgehead atoms. The van der Waals surface area contributed by atoms with E-state index < -0.39 is 0 Å². The summed E-state index contributed by atoms with van der Waals surface area (Å²) in [5, 5.41) is 3.02. The van der Waals surface area contributed by atoms with Crippen molar-refractivity contribution in [1.29, 1.82) is 0 Å². The van der Waals surface area contributed by atoms with Gasteiger partial charge in [-0.05, 0) is 25.2 Å². The Hall–Kier alpha value is -0.280. The molecule has 1 saturated carbocycles. The van der Waals surface area contributed by atoms with Gasteiger partial charge in [-0.3, -0.25) is 4.79 Å². The van der Waals surface area contributed by atoms with Crippen molar-refractivity contribution in [2.75, 3.05) is 6.54 Å². The fourth-order valence-corrected chi connectivity index (χ4v) is 2.56. The van der Waals surface area contributed by atoms with E-state index >= 15 is 0 Å². The number of amides is 1. The molecule has 1 aliphatic carbocycles. The Morgan fingerprint density at radius 1 is 1.22 bits per heavy atom. The molecule has 0 aromatic heterocycles. The predicted molar refractivity (Wildman–Crippen MR) is 79.0 cm³/mol. The Morgan fingerprint density at radius 2 is 1.78 bits per heavy atom. The van der Waals surface area contributed by atoms with Gasteiger partial charge >= 0.3 is 0 Å². The van der Waals surface area contributed by atoms with Gasteiger partial charge < -0.3 is 11.1 Å². The van der Waals surface area contributed by atoms with E-state index in [9.17, 15) is 4.79 Å². The van der Waals surface area contributed by atoms with Crippen LogP contribution in [-0.2, 0) is 4.79 Å². The number of nitrogens with one attached hydrogen (secondary N) is 1. The number of hydrogen-bond acceptors (Lipinski definition) is 2. The van der Waals surface area contributed by atoms with E-state index in [1.165, 1.54) is 44.9 Å². The van der Waals surface area contributed by atoms with Crippen LogP contribution < -0.4 is 11.1 Å². The number of halogens is 1. The monoisotopic (exact) mass is 276 g/mol. The molecule has 1 rings (SSSR count). The van der Waals surface area contributed by atoms with Gasteiger partial charge in [0, 0.05) is 6.54 Å². The predicted octanol–water partition coefficient (Wildman–Crippen LogP) is 3.01. The summed E-state index contributed by atoms with van der Waals surface area (Å²) < 4.78 is 0. The van der Waals surface area contributed by atoms with Crippen molar-refractivity contribution in [2.45, 2.75) is 70.8 Å². The van der Waals surface area contributed by atoms with Gasteiger partial charge in [-0.15, -0.1) is 12.4 Å². The minimum absolute atomic E-state index is 0. The molecule has 1 unspecified atom stereocenters. The highest BCUT2D eigenvalue weighted by molar-refractivity contribution is 5.85. The van der Waals surface area contributed by atoms with Crippen molar-refractivity contribution in [1.82, 2.24) is 5.32 Å². The summed E-state index contributed by atoms with van der Waals surface area (Å²) in [4.78, 5) is 11.7. The second-order valence-corrected chi connectivity index (χ2v) is 5.35. The molecule has 0 saturated heterocycles. The van der Waals surface area contributed by atoms with Crippen LogP contribution >= 0.6 is 12.4 Å². The lowest BCUT2D eigenvalue weighted by atomic mass is 9.91. The van der Waals surface area contributed by atoms with Crippen LogP contribution in [0.2, 0.25) is 0 Å². The van der Waals surface area contributed by atoms with Crippen molar-refractivity contribution >= 4 is 18.3 Å². The largest absolute Gasteiger partial charge is 0.354 e. The number of nitrogens with two attached hydrogens (primary N) is 1. The Labute approximate surface area is 118 Å². The average molecular weight is 277 g/mol. The summed E-state index contributed by atoms with van der Waals surface area (Å²) in [6, 6.07) is -0.312. The third-order valence-electron chi connectivity index (χ3n) is 3.73. The van der Waals surface area contributed by atoms with E-state index in [1.807, 2.05) is 0 Å². The lowest BCUT2D eigenvalue weighted by Gasteiger charge is -2.21. The average Bonchev–Trinajstić information content (AvgIpc) is 2.27. The van der Waals surface area contributed by atoms with Gasteiger partial charge in [-0.1, -0.05) is 45.4 Å². The number of hydrogen-bond donors (Lipinski definition) is 2. The van der Waals surface area contributed by atoms with E-state index in [2.05, 4.69) is 12.2 Å². The number of rotatable bonds is 5. The van der Waals surface area contributed by atoms with Crippen LogP contribution in [0.3, 0.4) is 0 Å². The topological polar surface area (TPSA) is 55.1 Å². The highest BCUT2D eigenvalue weighted by atomic mass is 35.5. The molecule has 1 amide bonds. The summed E-state index contributed by atoms with van der Waals surface area (Å²) in [5.41, 5.74) is 5.79. The van der Waals surface area contributed by atoms with Crippen molar-refractivity contribution in [2.24, 2.45) is 11.7 Å². The van der Waals surface area contributed by atoms with Gasteiger partial charge in [0.15, 0.2) is 0 Å². The van der Waals surface area contributed by atoms with Crippen molar-refractivity contribution in [3.63, 3.8) is 0 Å². The van der Waals surface area contributed by atoms with Crippen LogP contribution in [0.5, 0.6) is 0 Å². The molecule has 0 spiro atoms. The molecule has 1 fully saturated rings. The van der Waals surface area contributed by atoms with Crippen LogP contribution in [0, 0.1) is 5.92 Å². The van der Waals surface area contributed by atoms with Gasteiger partial charge in [0.2, 0.25) is 5.91 Å². The molecule has 1 aliphatic rings. The minimum atomic E-state index is -0.312. The number of carbonyl (C=O) groups is 1. The maximum atomic E-state index is 11.7. The minimum Gasteiger partial charge on any atom is -0.354 e. The number of carbonyl (C=O) groups excluding carboxylic acids is 1. The second kappa shape index (κ2) is 10.6. The molecular formula is C14H29ClN2O. The lowest BCUT2D eigenvalue weighted by Crippen LogP contribution is -2.42. The maximum absolute atomic E-state index is 11.7. The molecule has 3 nitrogen and oxygen atoms in total. The van der Waals surface area contributed by atoms with Crippen molar-refractivity contribution in [3.05, 3.63) is 0 Å². The van der Waals surface area contributed by atoms with Gasteiger partial charge in [0.25, 0.3) is 0 Å². The Bertz CT molecular complexity index is 216. The van der Waals surface area contributed by atoms with Gasteiger partial charge in [-0.25, -0.2) is 0 Å². The molecule has 4 heteroatoms. The Kier molecular flexibility index (Phi) is 10.5. The van der Waals surface area contributed by atoms with Crippen LogP contribution in [-0.4, -0.2) is 18.5 Å². The molecule has 0 radical (unpaired) electrons. The summed E-state index contributed by atoms with van der Waals surface area (Å²) in [6.07, 6.45) is 11.0.